The number of Topliss-reactive ketones (excluding diaryl/α,β-unsaturated/α-hetero) is 1. The molecule has 0 atom stereocenters. The lowest BCUT2D eigenvalue weighted by atomic mass is 9.93. The van der Waals surface area contributed by atoms with Crippen molar-refractivity contribution >= 4 is 5.78 Å². The summed E-state index contributed by atoms with van der Waals surface area (Å²) in [5.41, 5.74) is 1.14. The molecule has 2 rings (SSSR count). The summed E-state index contributed by atoms with van der Waals surface area (Å²) in [4.78, 5) is 11.9. The molecule has 0 saturated heterocycles. The standard InChI is InChI=1S/C15H18O3/c1-10(2)9-17-11-5-6-12-13(16)8-15(3,4)18-14(12)7-11/h5-7H,1,8-9H2,2-4H3. The van der Waals surface area contributed by atoms with Crippen LogP contribution in [0.1, 0.15) is 37.6 Å². The Bertz CT molecular complexity index is 500. The van der Waals surface area contributed by atoms with Crippen LogP contribution in [0.4, 0.5) is 0 Å². The van der Waals surface area contributed by atoms with Gasteiger partial charge in [-0.15, -0.1) is 0 Å². The lowest BCUT2D eigenvalue weighted by Crippen LogP contribution is -2.35. The minimum atomic E-state index is -0.447. The summed E-state index contributed by atoms with van der Waals surface area (Å²) in [5.74, 6) is 1.42. The van der Waals surface area contributed by atoms with Crippen LogP contribution < -0.4 is 9.47 Å². The predicted molar refractivity (Wildman–Crippen MR) is 70.4 cm³/mol. The second-order valence-electron chi connectivity index (χ2n) is 5.37. The monoisotopic (exact) mass is 246 g/mol. The molecule has 0 saturated carbocycles. The number of rotatable bonds is 3. The van der Waals surface area contributed by atoms with Gasteiger partial charge in [-0.05, 0) is 38.5 Å². The van der Waals surface area contributed by atoms with Crippen molar-refractivity contribution in [3.05, 3.63) is 35.9 Å². The van der Waals surface area contributed by atoms with Gasteiger partial charge in [-0.3, -0.25) is 4.79 Å². The van der Waals surface area contributed by atoms with Crippen LogP contribution in [0.25, 0.3) is 0 Å². The molecule has 3 heteroatoms. The SMILES string of the molecule is C=C(C)COc1ccc2c(c1)OC(C)(C)CC2=O. The Morgan fingerprint density at radius 1 is 1.50 bits per heavy atom. The molecular weight excluding hydrogens is 228 g/mol. The van der Waals surface area contributed by atoms with Gasteiger partial charge in [0, 0.05) is 6.07 Å². The summed E-state index contributed by atoms with van der Waals surface area (Å²) in [6.07, 6.45) is 0.409. The molecule has 3 nitrogen and oxygen atoms in total. The van der Waals surface area contributed by atoms with Gasteiger partial charge in [0.2, 0.25) is 0 Å². The van der Waals surface area contributed by atoms with Crippen molar-refractivity contribution in [2.45, 2.75) is 32.8 Å². The highest BCUT2D eigenvalue weighted by Gasteiger charge is 2.32. The van der Waals surface area contributed by atoms with Gasteiger partial charge in [-0.25, -0.2) is 0 Å². The third kappa shape index (κ3) is 2.73. The Balaban J connectivity index is 2.26. The second kappa shape index (κ2) is 4.48. The largest absolute Gasteiger partial charge is 0.489 e. The summed E-state index contributed by atoms with van der Waals surface area (Å²) >= 11 is 0. The zero-order valence-electron chi connectivity index (χ0n) is 11.1. The number of ether oxygens (including phenoxy) is 2. The number of benzene rings is 1. The van der Waals surface area contributed by atoms with Gasteiger partial charge in [0.15, 0.2) is 5.78 Å². The Kier molecular flexibility index (Phi) is 3.16. The average molecular weight is 246 g/mol. The van der Waals surface area contributed by atoms with E-state index in [1.165, 1.54) is 0 Å². The van der Waals surface area contributed by atoms with E-state index in [-0.39, 0.29) is 5.78 Å². The molecule has 0 unspecified atom stereocenters. The lowest BCUT2D eigenvalue weighted by molar-refractivity contribution is 0.0618. The molecule has 18 heavy (non-hydrogen) atoms. The van der Waals surface area contributed by atoms with Crippen molar-refractivity contribution in [2.75, 3.05) is 6.61 Å². The van der Waals surface area contributed by atoms with Gasteiger partial charge >= 0.3 is 0 Å². The van der Waals surface area contributed by atoms with Gasteiger partial charge < -0.3 is 9.47 Å². The van der Waals surface area contributed by atoms with Crippen LogP contribution in [0, 0.1) is 0 Å². The van der Waals surface area contributed by atoms with Crippen LogP contribution in [0.3, 0.4) is 0 Å². The van der Waals surface area contributed by atoms with Gasteiger partial charge in [-0.1, -0.05) is 6.58 Å². The normalized spacial score (nSPS) is 16.7. The Labute approximate surface area is 107 Å². The van der Waals surface area contributed by atoms with Crippen molar-refractivity contribution in [3.8, 4) is 11.5 Å². The number of carbonyl (C=O) groups excluding carboxylic acids is 1. The summed E-state index contributed by atoms with van der Waals surface area (Å²) in [6, 6.07) is 5.33. The Morgan fingerprint density at radius 2 is 2.22 bits per heavy atom. The molecule has 0 radical (unpaired) electrons. The summed E-state index contributed by atoms with van der Waals surface area (Å²) < 4.78 is 11.4. The molecule has 96 valence electrons. The van der Waals surface area contributed by atoms with Gasteiger partial charge in [0.05, 0.1) is 12.0 Å². The molecule has 0 fully saturated rings. The fourth-order valence-electron chi connectivity index (χ4n) is 1.93. The quantitative estimate of drug-likeness (QED) is 0.767. The van der Waals surface area contributed by atoms with Crippen molar-refractivity contribution in [2.24, 2.45) is 0 Å². The zero-order valence-corrected chi connectivity index (χ0v) is 11.1. The van der Waals surface area contributed by atoms with Crippen LogP contribution in [0.5, 0.6) is 11.5 Å². The highest BCUT2D eigenvalue weighted by molar-refractivity contribution is 6.00. The van der Waals surface area contributed by atoms with E-state index in [4.69, 9.17) is 9.47 Å². The smallest absolute Gasteiger partial charge is 0.170 e. The number of fused-ring (bicyclic) bond motifs is 1. The van der Waals surface area contributed by atoms with Gasteiger partial charge in [0.25, 0.3) is 0 Å². The summed E-state index contributed by atoms with van der Waals surface area (Å²) in [6.45, 7) is 9.98. The van der Waals surface area contributed by atoms with E-state index in [0.29, 0.717) is 30.1 Å². The predicted octanol–water partition coefficient (Wildman–Crippen LogP) is 3.39. The maximum Gasteiger partial charge on any atom is 0.170 e. The third-order valence-electron chi connectivity index (χ3n) is 2.71. The van der Waals surface area contributed by atoms with E-state index in [1.54, 1.807) is 18.2 Å². The molecule has 1 aromatic carbocycles. The van der Waals surface area contributed by atoms with Crippen molar-refractivity contribution in [3.63, 3.8) is 0 Å². The highest BCUT2D eigenvalue weighted by Crippen LogP contribution is 2.35. The molecule has 1 aromatic rings. The molecular formula is C15H18O3. The third-order valence-corrected chi connectivity index (χ3v) is 2.71. The fraction of sp³-hybridized carbons (Fsp3) is 0.400. The van der Waals surface area contributed by atoms with Crippen molar-refractivity contribution < 1.29 is 14.3 Å². The first-order chi connectivity index (χ1) is 8.37. The van der Waals surface area contributed by atoms with Crippen LogP contribution in [-0.2, 0) is 0 Å². The Morgan fingerprint density at radius 3 is 2.89 bits per heavy atom. The minimum absolute atomic E-state index is 0.118. The number of hydrogen-bond donors (Lipinski definition) is 0. The van der Waals surface area contributed by atoms with Gasteiger partial charge in [-0.2, -0.15) is 0 Å². The molecule has 0 aromatic heterocycles. The van der Waals surface area contributed by atoms with E-state index in [0.717, 1.165) is 5.57 Å². The average Bonchev–Trinajstić information content (AvgIpc) is 2.24. The van der Waals surface area contributed by atoms with Crippen LogP contribution in [-0.4, -0.2) is 18.0 Å². The van der Waals surface area contributed by atoms with Crippen molar-refractivity contribution in [1.82, 2.24) is 0 Å². The Hall–Kier alpha value is -1.77. The summed E-state index contributed by atoms with van der Waals surface area (Å²) in [5, 5.41) is 0. The first-order valence-corrected chi connectivity index (χ1v) is 6.01. The van der Waals surface area contributed by atoms with Gasteiger partial charge in [0.1, 0.15) is 23.7 Å². The van der Waals surface area contributed by atoms with Crippen LogP contribution >= 0.6 is 0 Å². The second-order valence-corrected chi connectivity index (χ2v) is 5.37. The van der Waals surface area contributed by atoms with Crippen LogP contribution in [0.2, 0.25) is 0 Å². The molecule has 0 spiro atoms. The lowest BCUT2D eigenvalue weighted by Gasteiger charge is -2.31. The number of hydrogen-bond acceptors (Lipinski definition) is 3. The maximum absolute atomic E-state index is 11.9. The summed E-state index contributed by atoms with van der Waals surface area (Å²) in [7, 11) is 0. The number of ketones is 1. The van der Waals surface area contributed by atoms with Crippen molar-refractivity contribution in [1.29, 1.82) is 0 Å². The van der Waals surface area contributed by atoms with E-state index in [9.17, 15) is 4.79 Å². The molecule has 1 aliphatic rings. The van der Waals surface area contributed by atoms with E-state index in [1.807, 2.05) is 20.8 Å². The molecule has 0 bridgehead atoms. The van der Waals surface area contributed by atoms with E-state index >= 15 is 0 Å². The topological polar surface area (TPSA) is 35.5 Å². The van der Waals surface area contributed by atoms with E-state index in [2.05, 4.69) is 6.58 Å². The molecule has 0 amide bonds. The molecule has 0 aliphatic carbocycles. The molecule has 1 aliphatic heterocycles. The molecule has 0 N–H and O–H groups in total. The fourth-order valence-corrected chi connectivity index (χ4v) is 1.93. The molecule has 1 heterocycles. The number of carbonyl (C=O) groups is 1. The maximum atomic E-state index is 11.9. The van der Waals surface area contributed by atoms with Crippen LogP contribution in [0.15, 0.2) is 30.4 Å². The minimum Gasteiger partial charge on any atom is -0.489 e. The highest BCUT2D eigenvalue weighted by atomic mass is 16.5. The van der Waals surface area contributed by atoms with E-state index < -0.39 is 5.60 Å². The zero-order chi connectivity index (χ0) is 13.3. The first-order valence-electron chi connectivity index (χ1n) is 6.01. The first kappa shape index (κ1) is 12.7.